The molecule has 2 aliphatic heterocycles. The summed E-state index contributed by atoms with van der Waals surface area (Å²) in [5.41, 5.74) is -0.832. The molecule has 0 aliphatic carbocycles. The van der Waals surface area contributed by atoms with Crippen molar-refractivity contribution in [2.75, 3.05) is 7.05 Å². The third-order valence-corrected chi connectivity index (χ3v) is 4.26. The summed E-state index contributed by atoms with van der Waals surface area (Å²) in [4.78, 5) is 14.0. The Morgan fingerprint density at radius 1 is 1.47 bits per heavy atom. The van der Waals surface area contributed by atoms with Crippen molar-refractivity contribution in [1.29, 1.82) is 0 Å². The SMILES string of the molecule is CN[C@H]1C[C@]2(C)CC[C@H]([C@H]1F)N2C(=O)OC(C)(C)C. The summed E-state index contributed by atoms with van der Waals surface area (Å²) in [5.74, 6) is 0. The molecule has 2 aliphatic rings. The maximum Gasteiger partial charge on any atom is 0.411 e. The van der Waals surface area contributed by atoms with Gasteiger partial charge in [-0.3, -0.25) is 4.90 Å². The third kappa shape index (κ3) is 2.57. The van der Waals surface area contributed by atoms with Gasteiger partial charge in [-0.2, -0.15) is 0 Å². The van der Waals surface area contributed by atoms with Crippen LogP contribution in [0, 0.1) is 0 Å². The molecule has 2 saturated heterocycles. The number of nitrogens with zero attached hydrogens (tertiary/aromatic N) is 1. The Labute approximate surface area is 114 Å². The van der Waals surface area contributed by atoms with Crippen LogP contribution in [0.4, 0.5) is 9.18 Å². The summed E-state index contributed by atoms with van der Waals surface area (Å²) in [6.45, 7) is 7.54. The molecule has 5 heteroatoms. The molecule has 19 heavy (non-hydrogen) atoms. The lowest BCUT2D eigenvalue weighted by atomic mass is 9.86. The molecule has 2 rings (SSSR count). The van der Waals surface area contributed by atoms with E-state index in [0.29, 0.717) is 6.42 Å². The van der Waals surface area contributed by atoms with Crippen LogP contribution in [-0.2, 0) is 4.74 Å². The lowest BCUT2D eigenvalue weighted by Gasteiger charge is -2.47. The fourth-order valence-corrected chi connectivity index (χ4v) is 3.39. The Hall–Kier alpha value is -0.840. The number of alkyl halides is 1. The number of halogens is 1. The molecule has 4 atom stereocenters. The minimum atomic E-state index is -1.02. The third-order valence-electron chi connectivity index (χ3n) is 4.26. The second-order valence-electron chi connectivity index (χ2n) is 7.00. The minimum Gasteiger partial charge on any atom is -0.444 e. The van der Waals surface area contributed by atoms with Gasteiger partial charge >= 0.3 is 6.09 Å². The molecule has 1 amide bonds. The van der Waals surface area contributed by atoms with Gasteiger partial charge in [0.2, 0.25) is 0 Å². The number of hydrogen-bond donors (Lipinski definition) is 1. The minimum absolute atomic E-state index is 0.170. The summed E-state index contributed by atoms with van der Waals surface area (Å²) in [7, 11) is 1.78. The van der Waals surface area contributed by atoms with Crippen LogP contribution in [0.25, 0.3) is 0 Å². The number of nitrogens with one attached hydrogen (secondary N) is 1. The number of fused-ring (bicyclic) bond motifs is 2. The fraction of sp³-hybridized carbons (Fsp3) is 0.929. The van der Waals surface area contributed by atoms with Crippen LogP contribution in [0.15, 0.2) is 0 Å². The Bertz CT molecular complexity index is 369. The topological polar surface area (TPSA) is 41.6 Å². The average Bonchev–Trinajstić information content (AvgIpc) is 2.55. The van der Waals surface area contributed by atoms with E-state index in [1.807, 2.05) is 27.7 Å². The van der Waals surface area contributed by atoms with Crippen LogP contribution in [0.3, 0.4) is 0 Å². The van der Waals surface area contributed by atoms with Crippen LogP contribution < -0.4 is 5.32 Å². The molecule has 0 aromatic carbocycles. The first-order valence-corrected chi connectivity index (χ1v) is 7.01. The van der Waals surface area contributed by atoms with Gasteiger partial charge in [-0.05, 0) is 54.0 Å². The van der Waals surface area contributed by atoms with Gasteiger partial charge in [-0.25, -0.2) is 9.18 Å². The van der Waals surface area contributed by atoms with Gasteiger partial charge in [-0.1, -0.05) is 0 Å². The van der Waals surface area contributed by atoms with Gasteiger partial charge in [0.15, 0.2) is 0 Å². The van der Waals surface area contributed by atoms with Crippen molar-refractivity contribution >= 4 is 6.09 Å². The number of hydrogen-bond acceptors (Lipinski definition) is 3. The smallest absolute Gasteiger partial charge is 0.411 e. The molecule has 0 aromatic rings. The first-order valence-electron chi connectivity index (χ1n) is 7.01. The van der Waals surface area contributed by atoms with E-state index in [0.717, 1.165) is 12.8 Å². The van der Waals surface area contributed by atoms with Crippen molar-refractivity contribution < 1.29 is 13.9 Å². The summed E-state index contributed by atoms with van der Waals surface area (Å²) in [6, 6.07) is -0.526. The van der Waals surface area contributed by atoms with E-state index >= 15 is 0 Å². The first-order chi connectivity index (χ1) is 8.68. The van der Waals surface area contributed by atoms with Gasteiger partial charge in [0.1, 0.15) is 11.8 Å². The maximum absolute atomic E-state index is 14.4. The van der Waals surface area contributed by atoms with Crippen LogP contribution in [0.2, 0.25) is 0 Å². The first kappa shape index (κ1) is 14.6. The van der Waals surface area contributed by atoms with Gasteiger partial charge in [0.05, 0.1) is 6.04 Å². The second kappa shape index (κ2) is 4.62. The molecule has 0 saturated carbocycles. The maximum atomic E-state index is 14.4. The number of carbonyl (C=O) groups is 1. The fourth-order valence-electron chi connectivity index (χ4n) is 3.39. The standard InChI is InChI=1S/C14H25FN2O2/c1-13(2,3)19-12(18)17-10-6-7-14(17,4)8-9(16-5)11(10)15/h9-11,16H,6-8H2,1-5H3/t9-,10+,11-,14-/m0/s1. The normalized spacial score (nSPS) is 38.4. The Morgan fingerprint density at radius 3 is 2.63 bits per heavy atom. The van der Waals surface area contributed by atoms with Crippen LogP contribution in [0.1, 0.15) is 47.0 Å². The molecule has 4 nitrogen and oxygen atoms in total. The lowest BCUT2D eigenvalue weighted by molar-refractivity contribution is -0.0357. The molecule has 2 heterocycles. The number of carbonyl (C=O) groups excluding carboxylic acids is 1. The van der Waals surface area contributed by atoms with Crippen molar-refractivity contribution in [3.8, 4) is 0 Å². The molecule has 110 valence electrons. The monoisotopic (exact) mass is 272 g/mol. The lowest BCUT2D eigenvalue weighted by Crippen LogP contribution is -2.63. The van der Waals surface area contributed by atoms with E-state index < -0.39 is 11.8 Å². The van der Waals surface area contributed by atoms with Crippen molar-refractivity contribution in [1.82, 2.24) is 10.2 Å². The highest BCUT2D eigenvalue weighted by molar-refractivity contribution is 5.70. The summed E-state index contributed by atoms with van der Waals surface area (Å²) in [5, 5.41) is 3.03. The summed E-state index contributed by atoms with van der Waals surface area (Å²) >= 11 is 0. The van der Waals surface area contributed by atoms with Crippen LogP contribution >= 0.6 is 0 Å². The van der Waals surface area contributed by atoms with E-state index in [9.17, 15) is 9.18 Å². The molecule has 0 radical (unpaired) electrons. The zero-order valence-corrected chi connectivity index (χ0v) is 12.5. The Kier molecular flexibility index (Phi) is 3.54. The van der Waals surface area contributed by atoms with E-state index in [-0.39, 0.29) is 23.7 Å². The number of amides is 1. The van der Waals surface area contributed by atoms with E-state index in [1.165, 1.54) is 0 Å². The molecule has 1 N–H and O–H groups in total. The Balaban J connectivity index is 2.20. The predicted molar refractivity (Wildman–Crippen MR) is 71.9 cm³/mol. The molecule has 2 bridgehead atoms. The van der Waals surface area contributed by atoms with Crippen LogP contribution in [0.5, 0.6) is 0 Å². The largest absolute Gasteiger partial charge is 0.444 e. The van der Waals surface area contributed by atoms with Crippen LogP contribution in [-0.4, -0.2) is 47.4 Å². The quantitative estimate of drug-likeness (QED) is 0.797. The molecule has 0 aromatic heterocycles. The van der Waals surface area contributed by atoms with E-state index in [2.05, 4.69) is 5.32 Å². The summed E-state index contributed by atoms with van der Waals surface area (Å²) < 4.78 is 19.9. The molecule has 0 spiro atoms. The summed E-state index contributed by atoms with van der Waals surface area (Å²) in [6.07, 6.45) is 0.799. The zero-order valence-electron chi connectivity index (χ0n) is 12.5. The predicted octanol–water partition coefficient (Wildman–Crippen LogP) is 2.47. The van der Waals surface area contributed by atoms with E-state index in [1.54, 1.807) is 11.9 Å². The Morgan fingerprint density at radius 2 is 2.11 bits per heavy atom. The van der Waals surface area contributed by atoms with Gasteiger partial charge in [0.25, 0.3) is 0 Å². The number of rotatable bonds is 1. The number of piperidine rings is 1. The van der Waals surface area contributed by atoms with Gasteiger partial charge in [-0.15, -0.1) is 0 Å². The van der Waals surface area contributed by atoms with Gasteiger partial charge < -0.3 is 10.1 Å². The highest BCUT2D eigenvalue weighted by Crippen LogP contribution is 2.45. The molecular weight excluding hydrogens is 247 g/mol. The zero-order chi connectivity index (χ0) is 14.4. The van der Waals surface area contributed by atoms with Crippen molar-refractivity contribution in [2.45, 2.75) is 76.4 Å². The highest BCUT2D eigenvalue weighted by Gasteiger charge is 2.56. The van der Waals surface area contributed by atoms with Crippen molar-refractivity contribution in [3.05, 3.63) is 0 Å². The molecular formula is C14H25FN2O2. The average molecular weight is 272 g/mol. The number of ether oxygens (including phenoxy) is 1. The van der Waals surface area contributed by atoms with E-state index in [4.69, 9.17) is 4.74 Å². The molecule has 2 fully saturated rings. The highest BCUT2D eigenvalue weighted by atomic mass is 19.1. The van der Waals surface area contributed by atoms with Crippen molar-refractivity contribution in [2.24, 2.45) is 0 Å². The second-order valence-corrected chi connectivity index (χ2v) is 7.00. The van der Waals surface area contributed by atoms with Crippen molar-refractivity contribution in [3.63, 3.8) is 0 Å². The molecule has 0 unspecified atom stereocenters. The van der Waals surface area contributed by atoms with Gasteiger partial charge in [0, 0.05) is 11.6 Å².